The van der Waals surface area contributed by atoms with E-state index in [0.717, 1.165) is 59.5 Å². The minimum absolute atomic E-state index is 0.0716. The second-order valence-corrected chi connectivity index (χ2v) is 8.63. The highest BCUT2D eigenvalue weighted by Crippen LogP contribution is 2.27. The maximum atomic E-state index is 12.6. The van der Waals surface area contributed by atoms with Gasteiger partial charge in [0.15, 0.2) is 0 Å². The average molecular weight is 437 g/mol. The van der Waals surface area contributed by atoms with Crippen LogP contribution in [0.2, 0.25) is 0 Å². The van der Waals surface area contributed by atoms with Crippen LogP contribution in [0, 0.1) is 5.92 Å². The molecule has 0 radical (unpaired) electrons. The largest absolute Gasteiger partial charge is 0.352 e. The lowest BCUT2D eigenvalue weighted by molar-refractivity contribution is -0.126. The Hall–Kier alpha value is -3.57. The number of fused-ring (bicyclic) bond motifs is 1. The molecule has 5 nitrogen and oxygen atoms in total. The number of nitrogens with zero attached hydrogens (tertiary/aromatic N) is 3. The summed E-state index contributed by atoms with van der Waals surface area (Å²) in [5.41, 5.74) is 4.18. The van der Waals surface area contributed by atoms with Crippen LogP contribution in [-0.2, 0) is 17.9 Å². The van der Waals surface area contributed by atoms with Gasteiger partial charge in [0.2, 0.25) is 5.91 Å². The van der Waals surface area contributed by atoms with Gasteiger partial charge >= 0.3 is 0 Å². The van der Waals surface area contributed by atoms with Crippen LogP contribution in [0.15, 0.2) is 84.9 Å². The summed E-state index contributed by atoms with van der Waals surface area (Å²) in [5.74, 6) is 1.06. The van der Waals surface area contributed by atoms with E-state index in [-0.39, 0.29) is 11.8 Å². The zero-order valence-electron chi connectivity index (χ0n) is 18.7. The summed E-state index contributed by atoms with van der Waals surface area (Å²) in [6.07, 6.45) is 1.72. The average Bonchev–Trinajstić information content (AvgIpc) is 2.88. The quantitative estimate of drug-likeness (QED) is 0.471. The van der Waals surface area contributed by atoms with Crippen LogP contribution in [0.5, 0.6) is 0 Å². The molecule has 4 aromatic rings. The first-order valence-corrected chi connectivity index (χ1v) is 11.6. The highest BCUT2D eigenvalue weighted by atomic mass is 16.1. The van der Waals surface area contributed by atoms with Crippen LogP contribution < -0.4 is 5.32 Å². The molecule has 1 N–H and O–H groups in total. The van der Waals surface area contributed by atoms with Crippen molar-refractivity contribution in [3.05, 3.63) is 96.3 Å². The third-order valence-electron chi connectivity index (χ3n) is 6.33. The molecule has 2 heterocycles. The Labute approximate surface area is 194 Å². The van der Waals surface area contributed by atoms with Gasteiger partial charge in [0.1, 0.15) is 5.82 Å². The number of rotatable bonds is 6. The fourth-order valence-electron chi connectivity index (χ4n) is 4.49. The molecule has 0 bridgehead atoms. The van der Waals surface area contributed by atoms with Gasteiger partial charge in [-0.05, 0) is 37.6 Å². The van der Waals surface area contributed by atoms with Crippen molar-refractivity contribution in [3.8, 4) is 11.3 Å². The van der Waals surface area contributed by atoms with E-state index in [2.05, 4.69) is 34.5 Å². The molecule has 0 saturated carbocycles. The van der Waals surface area contributed by atoms with E-state index in [0.29, 0.717) is 13.1 Å². The third-order valence-corrected chi connectivity index (χ3v) is 6.33. The summed E-state index contributed by atoms with van der Waals surface area (Å²) >= 11 is 0. The minimum Gasteiger partial charge on any atom is -0.352 e. The van der Waals surface area contributed by atoms with E-state index >= 15 is 0 Å². The number of piperidine rings is 1. The van der Waals surface area contributed by atoms with Gasteiger partial charge in [-0.2, -0.15) is 0 Å². The van der Waals surface area contributed by atoms with E-state index in [1.807, 2.05) is 60.7 Å². The summed E-state index contributed by atoms with van der Waals surface area (Å²) in [5, 5.41) is 4.17. The van der Waals surface area contributed by atoms with Crippen molar-refractivity contribution in [1.82, 2.24) is 20.2 Å². The molecular formula is C28H28N4O. The van der Waals surface area contributed by atoms with Gasteiger partial charge in [0.05, 0.1) is 17.8 Å². The van der Waals surface area contributed by atoms with Crippen LogP contribution >= 0.6 is 0 Å². The second kappa shape index (κ2) is 9.92. The van der Waals surface area contributed by atoms with E-state index < -0.39 is 0 Å². The molecule has 1 aliphatic heterocycles. The Morgan fingerprint density at radius 1 is 0.848 bits per heavy atom. The van der Waals surface area contributed by atoms with Gasteiger partial charge in [-0.15, -0.1) is 0 Å². The molecule has 1 fully saturated rings. The minimum atomic E-state index is 0.0716. The lowest BCUT2D eigenvalue weighted by atomic mass is 9.95. The topological polar surface area (TPSA) is 58.1 Å². The summed E-state index contributed by atoms with van der Waals surface area (Å²) in [6, 6.07) is 28.5. The molecule has 1 amide bonds. The standard InChI is InChI=1S/C28H28N4O/c33-28(29-19-21-9-3-1-4-10-21)23-15-17-32(18-16-23)20-26-30-25-14-8-7-13-24(25)27(31-26)22-11-5-2-6-12-22/h1-14,23H,15-20H2,(H,29,33). The molecule has 1 aromatic heterocycles. The fraction of sp³-hybridized carbons (Fsp3) is 0.250. The molecule has 166 valence electrons. The van der Waals surface area contributed by atoms with E-state index in [9.17, 15) is 4.79 Å². The van der Waals surface area contributed by atoms with Crippen LogP contribution in [0.25, 0.3) is 22.2 Å². The Balaban J connectivity index is 1.24. The molecule has 0 atom stereocenters. The first-order chi connectivity index (χ1) is 16.3. The molecule has 0 aliphatic carbocycles. The smallest absolute Gasteiger partial charge is 0.223 e. The summed E-state index contributed by atoms with van der Waals surface area (Å²) in [4.78, 5) is 24.8. The van der Waals surface area contributed by atoms with Crippen molar-refractivity contribution in [3.63, 3.8) is 0 Å². The van der Waals surface area contributed by atoms with Gasteiger partial charge in [-0.1, -0.05) is 78.9 Å². The number of carbonyl (C=O) groups excluding carboxylic acids is 1. The third kappa shape index (κ3) is 5.10. The number of carbonyl (C=O) groups is 1. The van der Waals surface area contributed by atoms with Gasteiger partial charge < -0.3 is 5.32 Å². The molecule has 5 heteroatoms. The van der Waals surface area contributed by atoms with E-state index in [4.69, 9.17) is 9.97 Å². The number of nitrogens with one attached hydrogen (secondary N) is 1. The maximum absolute atomic E-state index is 12.6. The maximum Gasteiger partial charge on any atom is 0.223 e. The van der Waals surface area contributed by atoms with Crippen molar-refractivity contribution >= 4 is 16.8 Å². The normalized spacial score (nSPS) is 14.9. The molecule has 0 spiro atoms. The fourth-order valence-corrected chi connectivity index (χ4v) is 4.49. The molecule has 0 unspecified atom stereocenters. The van der Waals surface area contributed by atoms with Crippen LogP contribution in [-0.4, -0.2) is 33.9 Å². The molecule has 3 aromatic carbocycles. The van der Waals surface area contributed by atoms with Crippen LogP contribution in [0.4, 0.5) is 0 Å². The van der Waals surface area contributed by atoms with Gasteiger partial charge in [-0.3, -0.25) is 9.69 Å². The molecule has 33 heavy (non-hydrogen) atoms. The van der Waals surface area contributed by atoms with Crippen molar-refractivity contribution in [2.24, 2.45) is 5.92 Å². The predicted molar refractivity (Wildman–Crippen MR) is 131 cm³/mol. The number of para-hydroxylation sites is 1. The summed E-state index contributed by atoms with van der Waals surface area (Å²) in [6.45, 7) is 3.04. The Bertz CT molecular complexity index is 1220. The van der Waals surface area contributed by atoms with E-state index in [1.54, 1.807) is 0 Å². The number of hydrogen-bond donors (Lipinski definition) is 1. The van der Waals surface area contributed by atoms with Gasteiger partial charge in [0, 0.05) is 23.4 Å². The first-order valence-electron chi connectivity index (χ1n) is 11.6. The lowest BCUT2D eigenvalue weighted by Gasteiger charge is -2.30. The Morgan fingerprint density at radius 2 is 1.52 bits per heavy atom. The Morgan fingerprint density at radius 3 is 2.27 bits per heavy atom. The molecule has 5 rings (SSSR count). The number of hydrogen-bond acceptors (Lipinski definition) is 4. The second-order valence-electron chi connectivity index (χ2n) is 8.63. The van der Waals surface area contributed by atoms with Crippen molar-refractivity contribution in [2.45, 2.75) is 25.9 Å². The Kier molecular flexibility index (Phi) is 6.40. The first kappa shape index (κ1) is 21.3. The lowest BCUT2D eigenvalue weighted by Crippen LogP contribution is -2.40. The number of likely N-dealkylation sites (tertiary alicyclic amines) is 1. The SMILES string of the molecule is O=C(NCc1ccccc1)C1CCN(Cc2nc(-c3ccccc3)c3ccccc3n2)CC1. The zero-order chi connectivity index (χ0) is 22.5. The van der Waals surface area contributed by atoms with Crippen LogP contribution in [0.1, 0.15) is 24.2 Å². The van der Waals surface area contributed by atoms with E-state index in [1.165, 1.54) is 0 Å². The number of aromatic nitrogens is 2. The van der Waals surface area contributed by atoms with Crippen molar-refractivity contribution in [2.75, 3.05) is 13.1 Å². The monoisotopic (exact) mass is 436 g/mol. The summed E-state index contributed by atoms with van der Waals surface area (Å²) in [7, 11) is 0. The van der Waals surface area contributed by atoms with Crippen molar-refractivity contribution < 1.29 is 4.79 Å². The highest BCUT2D eigenvalue weighted by Gasteiger charge is 2.25. The zero-order valence-corrected chi connectivity index (χ0v) is 18.7. The molecule has 1 saturated heterocycles. The van der Waals surface area contributed by atoms with Crippen LogP contribution in [0.3, 0.4) is 0 Å². The molecule has 1 aliphatic rings. The van der Waals surface area contributed by atoms with Crippen molar-refractivity contribution in [1.29, 1.82) is 0 Å². The van der Waals surface area contributed by atoms with Gasteiger partial charge in [0.25, 0.3) is 0 Å². The number of amides is 1. The molecular weight excluding hydrogens is 408 g/mol. The highest BCUT2D eigenvalue weighted by molar-refractivity contribution is 5.92. The summed E-state index contributed by atoms with van der Waals surface area (Å²) < 4.78 is 0. The number of benzene rings is 3. The predicted octanol–water partition coefficient (Wildman–Crippen LogP) is 4.83. The van der Waals surface area contributed by atoms with Gasteiger partial charge in [-0.25, -0.2) is 9.97 Å².